The molecule has 1 aromatic carbocycles. The molecule has 0 bridgehead atoms. The number of rotatable bonds is 7. The number of carbonyl (C=O) groups is 3. The van der Waals surface area contributed by atoms with E-state index in [2.05, 4.69) is 9.97 Å². The molecule has 1 saturated heterocycles. The fourth-order valence-electron chi connectivity index (χ4n) is 4.66. The van der Waals surface area contributed by atoms with Crippen LogP contribution < -0.4 is 19.6 Å². The Morgan fingerprint density at radius 2 is 1.84 bits per heavy atom. The van der Waals surface area contributed by atoms with Gasteiger partial charge in [0.1, 0.15) is 5.69 Å². The fourth-order valence-corrected chi connectivity index (χ4v) is 4.66. The van der Waals surface area contributed by atoms with Crippen molar-refractivity contribution in [2.75, 3.05) is 21.3 Å². The number of esters is 1. The summed E-state index contributed by atoms with van der Waals surface area (Å²) in [6.07, 6.45) is 3.44. The number of carbonyl (C=O) groups excluding carboxylic acids is 3. The average Bonchev–Trinajstić information content (AvgIpc) is 3.35. The third-order valence-corrected chi connectivity index (χ3v) is 6.43. The standard InChI is InChI=1S/C27H27N3O7/c1-14-20(15(2)29-22(14)27(34)37-5)24(31)21-23(17-8-9-18(35-3)19(11-17)36-4)30(26(33)25(21)32)13-16-7-6-10-28-12-16/h6-12,23,29,31H,13H2,1-5H3. The van der Waals surface area contributed by atoms with Crippen molar-refractivity contribution in [3.63, 3.8) is 0 Å². The molecular formula is C27H27N3O7. The number of likely N-dealkylation sites (tertiary alicyclic amines) is 1. The van der Waals surface area contributed by atoms with Crippen LogP contribution in [0.15, 0.2) is 48.3 Å². The lowest BCUT2D eigenvalue weighted by Crippen LogP contribution is -2.29. The van der Waals surface area contributed by atoms with Crippen LogP contribution in [0.25, 0.3) is 5.76 Å². The van der Waals surface area contributed by atoms with Crippen LogP contribution >= 0.6 is 0 Å². The third kappa shape index (κ3) is 4.42. The first-order valence-corrected chi connectivity index (χ1v) is 11.4. The molecule has 10 heteroatoms. The van der Waals surface area contributed by atoms with Crippen molar-refractivity contribution in [1.82, 2.24) is 9.88 Å². The van der Waals surface area contributed by atoms with Gasteiger partial charge in [0.2, 0.25) is 5.78 Å². The first kappa shape index (κ1) is 25.5. The van der Waals surface area contributed by atoms with Gasteiger partial charge in [0.05, 0.1) is 33.9 Å². The van der Waals surface area contributed by atoms with E-state index in [-0.39, 0.29) is 23.4 Å². The highest BCUT2D eigenvalue weighted by Gasteiger charge is 2.45. The molecule has 0 spiro atoms. The Hall–Kier alpha value is -4.60. The molecule has 3 heterocycles. The van der Waals surface area contributed by atoms with Crippen molar-refractivity contribution in [1.29, 1.82) is 0 Å². The number of nitrogens with zero attached hydrogens (tertiary/aromatic N) is 1. The van der Waals surface area contributed by atoms with Crippen LogP contribution in [0, 0.1) is 13.8 Å². The molecule has 0 radical (unpaired) electrons. The van der Waals surface area contributed by atoms with Crippen molar-refractivity contribution in [3.05, 3.63) is 81.9 Å². The van der Waals surface area contributed by atoms with Crippen LogP contribution in [-0.2, 0) is 20.9 Å². The topological polar surface area (TPSA) is 135 Å². The molecule has 4 rings (SSSR count). The molecule has 37 heavy (non-hydrogen) atoms. The summed E-state index contributed by atoms with van der Waals surface area (Å²) in [6, 6.07) is 7.57. The summed E-state index contributed by atoms with van der Waals surface area (Å²) in [5.41, 5.74) is 2.02. The number of benzene rings is 1. The van der Waals surface area contributed by atoms with E-state index in [1.807, 2.05) is 6.07 Å². The van der Waals surface area contributed by atoms with Crippen molar-refractivity contribution in [2.24, 2.45) is 0 Å². The summed E-state index contributed by atoms with van der Waals surface area (Å²) in [6.45, 7) is 3.29. The minimum absolute atomic E-state index is 0.0796. The van der Waals surface area contributed by atoms with Gasteiger partial charge in [0, 0.05) is 22.9 Å². The number of hydrogen-bond donors (Lipinski definition) is 1. The van der Waals surface area contributed by atoms with Gasteiger partial charge < -0.3 is 29.2 Å². The first-order chi connectivity index (χ1) is 17.7. The number of amides is 1. The molecule has 0 saturated carbocycles. The first-order valence-electron chi connectivity index (χ1n) is 11.4. The molecule has 1 aliphatic heterocycles. The predicted octanol–water partition coefficient (Wildman–Crippen LogP) is 1.67. The van der Waals surface area contributed by atoms with Crippen molar-refractivity contribution >= 4 is 23.4 Å². The maximum Gasteiger partial charge on any atom is 0.354 e. The largest absolute Gasteiger partial charge is 0.872 e. The highest BCUT2D eigenvalue weighted by atomic mass is 16.5. The van der Waals surface area contributed by atoms with Gasteiger partial charge in [-0.15, -0.1) is 0 Å². The highest BCUT2D eigenvalue weighted by molar-refractivity contribution is 6.46. The normalized spacial score (nSPS) is 16.7. The number of H-pyrrole nitrogens is 2. The number of Topliss-reactive ketones (excluding diaryl/α,β-unsaturated/α-hetero) is 1. The molecule has 2 N–H and O–H groups in total. The molecule has 192 valence electrons. The predicted molar refractivity (Wildman–Crippen MR) is 129 cm³/mol. The minimum atomic E-state index is -0.997. The van der Waals surface area contributed by atoms with E-state index in [0.717, 1.165) is 5.56 Å². The lowest BCUT2D eigenvalue weighted by atomic mass is 9.93. The van der Waals surface area contributed by atoms with E-state index in [1.54, 1.807) is 50.5 Å². The number of ether oxygens (including phenoxy) is 3. The third-order valence-electron chi connectivity index (χ3n) is 6.43. The number of ketones is 1. The Labute approximate surface area is 213 Å². The van der Waals surface area contributed by atoms with E-state index in [1.165, 1.54) is 26.2 Å². The summed E-state index contributed by atoms with van der Waals surface area (Å²) in [4.78, 5) is 46.1. The van der Waals surface area contributed by atoms with Crippen LogP contribution in [0.5, 0.6) is 11.5 Å². The molecule has 0 aliphatic carbocycles. The van der Waals surface area contributed by atoms with Gasteiger partial charge in [-0.3, -0.25) is 9.59 Å². The summed E-state index contributed by atoms with van der Waals surface area (Å²) in [7, 11) is 4.20. The van der Waals surface area contributed by atoms with Crippen LogP contribution in [0.4, 0.5) is 0 Å². The van der Waals surface area contributed by atoms with Crippen LogP contribution in [-0.4, -0.2) is 48.9 Å². The van der Waals surface area contributed by atoms with Crippen LogP contribution in [0.2, 0.25) is 0 Å². The van der Waals surface area contributed by atoms with Gasteiger partial charge in [0.15, 0.2) is 23.9 Å². The smallest absolute Gasteiger partial charge is 0.354 e. The lowest BCUT2D eigenvalue weighted by Gasteiger charge is -2.28. The Kier molecular flexibility index (Phi) is 7.01. The van der Waals surface area contributed by atoms with Gasteiger partial charge in [-0.25, -0.2) is 9.78 Å². The van der Waals surface area contributed by atoms with Crippen molar-refractivity contribution < 1.29 is 38.7 Å². The van der Waals surface area contributed by atoms with Crippen LogP contribution in [0.3, 0.4) is 0 Å². The quantitative estimate of drug-likeness (QED) is 0.223. The summed E-state index contributed by atoms with van der Waals surface area (Å²) >= 11 is 0. The number of aromatic amines is 2. The Bertz CT molecular complexity index is 1410. The fraction of sp³-hybridized carbons (Fsp3) is 0.259. The zero-order chi connectivity index (χ0) is 26.9. The van der Waals surface area contributed by atoms with Gasteiger partial charge in [-0.2, -0.15) is 0 Å². The second kappa shape index (κ2) is 10.2. The SMILES string of the molecule is COC(=O)c1[nH]c(C)c(C([O-])=C2C(=O)C(=O)N(Cc3ccc[nH+]c3)C2c2ccc(OC)c(OC)c2)c1C. The van der Waals surface area contributed by atoms with E-state index in [4.69, 9.17) is 14.2 Å². The Morgan fingerprint density at radius 3 is 2.46 bits per heavy atom. The Balaban J connectivity index is 1.94. The maximum absolute atomic E-state index is 14.0. The zero-order valence-corrected chi connectivity index (χ0v) is 21.1. The molecule has 10 nitrogen and oxygen atoms in total. The second-order valence-electron chi connectivity index (χ2n) is 8.55. The summed E-state index contributed by atoms with van der Waals surface area (Å²) < 4.78 is 15.6. The number of methoxy groups -OCH3 is 3. The maximum atomic E-state index is 14.0. The van der Waals surface area contributed by atoms with E-state index < -0.39 is 29.5 Å². The second-order valence-corrected chi connectivity index (χ2v) is 8.55. The molecule has 1 amide bonds. The number of hydrogen-bond acceptors (Lipinski definition) is 7. The molecule has 1 unspecified atom stereocenters. The zero-order valence-electron chi connectivity index (χ0n) is 21.1. The summed E-state index contributed by atoms with van der Waals surface area (Å²) in [5, 5.41) is 14.0. The van der Waals surface area contributed by atoms with E-state index in [0.29, 0.717) is 28.3 Å². The number of nitrogens with one attached hydrogen (secondary N) is 2. The van der Waals surface area contributed by atoms with Gasteiger partial charge in [-0.05, 0) is 48.7 Å². The number of aryl methyl sites for hydroxylation is 1. The molecular weight excluding hydrogens is 478 g/mol. The van der Waals surface area contributed by atoms with Crippen LogP contribution in [0.1, 0.15) is 44.5 Å². The lowest BCUT2D eigenvalue weighted by molar-refractivity contribution is -0.378. The summed E-state index contributed by atoms with van der Waals surface area (Å²) in [5.74, 6) is -2.14. The van der Waals surface area contributed by atoms with E-state index in [9.17, 15) is 19.5 Å². The molecule has 1 atom stereocenters. The molecule has 2 aromatic heterocycles. The molecule has 1 aliphatic rings. The monoisotopic (exact) mass is 505 g/mol. The van der Waals surface area contributed by atoms with Gasteiger partial charge >= 0.3 is 5.97 Å². The molecule has 1 fully saturated rings. The van der Waals surface area contributed by atoms with E-state index >= 15 is 0 Å². The number of pyridine rings is 1. The highest BCUT2D eigenvalue weighted by Crippen LogP contribution is 2.43. The minimum Gasteiger partial charge on any atom is -0.872 e. The Morgan fingerprint density at radius 1 is 1.11 bits per heavy atom. The van der Waals surface area contributed by atoms with Gasteiger partial charge in [0.25, 0.3) is 5.91 Å². The number of aromatic nitrogens is 2. The van der Waals surface area contributed by atoms with Gasteiger partial charge in [-0.1, -0.05) is 11.8 Å². The van der Waals surface area contributed by atoms with Crippen molar-refractivity contribution in [3.8, 4) is 11.5 Å². The average molecular weight is 506 g/mol. The molecule has 3 aromatic rings. The van der Waals surface area contributed by atoms with Crippen molar-refractivity contribution in [2.45, 2.75) is 26.4 Å².